The Morgan fingerprint density at radius 1 is 1.04 bits per heavy atom. The van der Waals surface area contributed by atoms with Crippen molar-refractivity contribution in [3.05, 3.63) is 77.5 Å². The number of carboxylic acids is 1. The van der Waals surface area contributed by atoms with Crippen LogP contribution in [0.1, 0.15) is 33.3 Å². The molecule has 3 aromatic rings. The topological polar surface area (TPSA) is 68.5 Å². The molecular formula is C21H19NO4. The van der Waals surface area contributed by atoms with E-state index in [1.165, 1.54) is 0 Å². The summed E-state index contributed by atoms with van der Waals surface area (Å²) in [6.07, 6.45) is 0. The van der Waals surface area contributed by atoms with Crippen molar-refractivity contribution in [2.45, 2.75) is 13.8 Å². The molecule has 5 heteroatoms. The number of esters is 1. The van der Waals surface area contributed by atoms with E-state index < -0.39 is 5.97 Å². The summed E-state index contributed by atoms with van der Waals surface area (Å²) in [4.78, 5) is 23.4. The summed E-state index contributed by atoms with van der Waals surface area (Å²) >= 11 is 0. The third-order valence-corrected chi connectivity index (χ3v) is 4.18. The molecule has 0 saturated carbocycles. The van der Waals surface area contributed by atoms with Crippen LogP contribution in [0.4, 0.5) is 0 Å². The van der Waals surface area contributed by atoms with Crippen LogP contribution in [0.2, 0.25) is 0 Å². The lowest BCUT2D eigenvalue weighted by Gasteiger charge is -2.12. The molecule has 0 radical (unpaired) electrons. The first-order chi connectivity index (χ1) is 12.5. The number of aromatic nitrogens is 1. The summed E-state index contributed by atoms with van der Waals surface area (Å²) < 4.78 is 7.11. The Labute approximate surface area is 151 Å². The Balaban J connectivity index is 2.18. The van der Waals surface area contributed by atoms with Crippen LogP contribution in [0.15, 0.2) is 60.7 Å². The maximum Gasteiger partial charge on any atom is 0.339 e. The zero-order valence-electron chi connectivity index (χ0n) is 14.6. The summed E-state index contributed by atoms with van der Waals surface area (Å²) in [7, 11) is 0. The molecule has 0 aliphatic rings. The highest BCUT2D eigenvalue weighted by atomic mass is 16.5. The molecule has 0 atom stereocenters. The standard InChI is InChI=1S/C21H19NO4/c1-3-26-21(25)18-13-19(15-7-5-4-6-8-15)22(14(18)2)17-11-9-16(10-12-17)20(23)24/h4-13H,3H2,1-2H3,(H,23,24). The smallest absolute Gasteiger partial charge is 0.339 e. The van der Waals surface area contributed by atoms with Gasteiger partial charge in [0, 0.05) is 11.4 Å². The molecule has 1 aromatic heterocycles. The minimum atomic E-state index is -0.976. The van der Waals surface area contributed by atoms with Crippen molar-refractivity contribution in [2.24, 2.45) is 0 Å². The Kier molecular flexibility index (Phi) is 4.89. The highest BCUT2D eigenvalue weighted by Crippen LogP contribution is 2.30. The second-order valence-electron chi connectivity index (χ2n) is 5.80. The van der Waals surface area contributed by atoms with Crippen LogP contribution in [0.25, 0.3) is 16.9 Å². The van der Waals surface area contributed by atoms with Gasteiger partial charge in [-0.15, -0.1) is 0 Å². The minimum Gasteiger partial charge on any atom is -0.478 e. The van der Waals surface area contributed by atoms with Crippen molar-refractivity contribution in [1.29, 1.82) is 0 Å². The molecular weight excluding hydrogens is 330 g/mol. The highest BCUT2D eigenvalue weighted by Gasteiger charge is 2.20. The van der Waals surface area contributed by atoms with E-state index in [0.29, 0.717) is 12.2 Å². The van der Waals surface area contributed by atoms with E-state index in [2.05, 4.69) is 0 Å². The van der Waals surface area contributed by atoms with E-state index in [4.69, 9.17) is 9.84 Å². The van der Waals surface area contributed by atoms with Gasteiger partial charge in [-0.1, -0.05) is 30.3 Å². The summed E-state index contributed by atoms with van der Waals surface area (Å²) in [5.74, 6) is -1.35. The number of hydrogen-bond acceptors (Lipinski definition) is 3. The predicted octanol–water partition coefficient (Wildman–Crippen LogP) is 4.33. The van der Waals surface area contributed by atoms with Gasteiger partial charge in [0.1, 0.15) is 0 Å². The molecule has 0 amide bonds. The van der Waals surface area contributed by atoms with Crippen molar-refractivity contribution in [2.75, 3.05) is 6.61 Å². The maximum atomic E-state index is 12.3. The van der Waals surface area contributed by atoms with E-state index >= 15 is 0 Å². The molecule has 132 valence electrons. The fraction of sp³-hybridized carbons (Fsp3) is 0.143. The third-order valence-electron chi connectivity index (χ3n) is 4.18. The number of aromatic carboxylic acids is 1. The molecule has 0 bridgehead atoms. The number of benzene rings is 2. The highest BCUT2D eigenvalue weighted by molar-refractivity contribution is 5.93. The number of carboxylic acid groups (broad SMARTS) is 1. The van der Waals surface area contributed by atoms with Crippen LogP contribution in [0.3, 0.4) is 0 Å². The molecule has 3 rings (SSSR count). The van der Waals surface area contributed by atoms with Gasteiger partial charge in [-0.25, -0.2) is 9.59 Å². The lowest BCUT2D eigenvalue weighted by atomic mass is 10.1. The maximum absolute atomic E-state index is 12.3. The summed E-state index contributed by atoms with van der Waals surface area (Å²) in [6.45, 7) is 3.92. The lowest BCUT2D eigenvalue weighted by Crippen LogP contribution is -2.07. The first-order valence-electron chi connectivity index (χ1n) is 8.31. The van der Waals surface area contributed by atoms with E-state index in [9.17, 15) is 9.59 Å². The van der Waals surface area contributed by atoms with Crippen LogP contribution in [-0.4, -0.2) is 28.2 Å². The van der Waals surface area contributed by atoms with Crippen molar-refractivity contribution < 1.29 is 19.4 Å². The first-order valence-corrected chi connectivity index (χ1v) is 8.31. The fourth-order valence-corrected chi connectivity index (χ4v) is 2.93. The van der Waals surface area contributed by atoms with Crippen LogP contribution >= 0.6 is 0 Å². The average Bonchev–Trinajstić information content (AvgIpc) is 3.00. The molecule has 0 aliphatic carbocycles. The Morgan fingerprint density at radius 2 is 1.69 bits per heavy atom. The van der Waals surface area contributed by atoms with Gasteiger partial charge in [0.2, 0.25) is 0 Å². The Hall–Kier alpha value is -3.34. The molecule has 5 nitrogen and oxygen atoms in total. The second-order valence-corrected chi connectivity index (χ2v) is 5.80. The van der Waals surface area contributed by atoms with Gasteiger partial charge in [0.15, 0.2) is 0 Å². The molecule has 26 heavy (non-hydrogen) atoms. The zero-order chi connectivity index (χ0) is 18.7. The minimum absolute atomic E-state index is 0.213. The number of rotatable bonds is 5. The molecule has 0 unspecified atom stereocenters. The number of nitrogens with zero attached hydrogens (tertiary/aromatic N) is 1. The molecule has 0 fully saturated rings. The van der Waals surface area contributed by atoms with Crippen molar-refractivity contribution in [1.82, 2.24) is 4.57 Å². The number of ether oxygens (including phenoxy) is 1. The zero-order valence-corrected chi connectivity index (χ0v) is 14.6. The molecule has 1 N–H and O–H groups in total. The van der Waals surface area contributed by atoms with Gasteiger partial charge in [-0.05, 0) is 49.7 Å². The van der Waals surface area contributed by atoms with Gasteiger partial charge >= 0.3 is 11.9 Å². The Morgan fingerprint density at radius 3 is 2.27 bits per heavy atom. The quantitative estimate of drug-likeness (QED) is 0.696. The van der Waals surface area contributed by atoms with Crippen molar-refractivity contribution in [3.63, 3.8) is 0 Å². The van der Waals surface area contributed by atoms with E-state index in [-0.39, 0.29) is 11.5 Å². The fourth-order valence-electron chi connectivity index (χ4n) is 2.93. The van der Waals surface area contributed by atoms with Crippen molar-refractivity contribution in [3.8, 4) is 16.9 Å². The number of hydrogen-bond donors (Lipinski definition) is 1. The molecule has 0 aliphatic heterocycles. The van der Waals surface area contributed by atoms with E-state index in [0.717, 1.165) is 22.6 Å². The Bertz CT molecular complexity index is 940. The molecule has 1 heterocycles. The van der Waals surface area contributed by atoms with Crippen LogP contribution in [0.5, 0.6) is 0 Å². The van der Waals surface area contributed by atoms with Gasteiger partial charge in [-0.2, -0.15) is 0 Å². The number of carbonyl (C=O) groups excluding carboxylic acids is 1. The normalized spacial score (nSPS) is 10.5. The number of carbonyl (C=O) groups is 2. The van der Waals surface area contributed by atoms with Gasteiger partial charge in [-0.3, -0.25) is 0 Å². The van der Waals surface area contributed by atoms with Crippen LogP contribution in [-0.2, 0) is 4.74 Å². The second kappa shape index (κ2) is 7.27. The van der Waals surface area contributed by atoms with Crippen LogP contribution in [0, 0.1) is 6.92 Å². The van der Waals surface area contributed by atoms with E-state index in [1.54, 1.807) is 31.2 Å². The SMILES string of the molecule is CCOC(=O)c1cc(-c2ccccc2)n(-c2ccc(C(=O)O)cc2)c1C. The summed E-state index contributed by atoms with van der Waals surface area (Å²) in [5, 5.41) is 9.10. The molecule has 2 aromatic carbocycles. The molecule has 0 saturated heterocycles. The molecule has 0 spiro atoms. The predicted molar refractivity (Wildman–Crippen MR) is 98.9 cm³/mol. The monoisotopic (exact) mass is 349 g/mol. The van der Waals surface area contributed by atoms with E-state index in [1.807, 2.05) is 47.9 Å². The first kappa shape index (κ1) is 17.5. The van der Waals surface area contributed by atoms with Crippen molar-refractivity contribution >= 4 is 11.9 Å². The third kappa shape index (κ3) is 3.24. The van der Waals surface area contributed by atoms with Gasteiger partial charge in [0.25, 0.3) is 0 Å². The van der Waals surface area contributed by atoms with Gasteiger partial charge in [0.05, 0.1) is 23.4 Å². The van der Waals surface area contributed by atoms with Gasteiger partial charge < -0.3 is 14.4 Å². The largest absolute Gasteiger partial charge is 0.478 e. The average molecular weight is 349 g/mol. The van der Waals surface area contributed by atoms with Crippen LogP contribution < -0.4 is 0 Å². The lowest BCUT2D eigenvalue weighted by molar-refractivity contribution is 0.0525. The summed E-state index contributed by atoms with van der Waals surface area (Å²) in [5.41, 5.74) is 4.02. The summed E-state index contributed by atoms with van der Waals surface area (Å²) in [6, 6.07) is 18.1.